The van der Waals surface area contributed by atoms with Gasteiger partial charge in [-0.15, -0.1) is 10.2 Å². The van der Waals surface area contributed by atoms with Gasteiger partial charge in [-0.2, -0.15) is 0 Å². The van der Waals surface area contributed by atoms with Gasteiger partial charge in [0, 0.05) is 43.7 Å². The molecule has 2 aromatic heterocycles. The fraction of sp³-hybridized carbons (Fsp3) is 0.333. The van der Waals surface area contributed by atoms with Gasteiger partial charge in [-0.1, -0.05) is 24.3 Å². The first-order chi connectivity index (χ1) is 16.1. The Morgan fingerprint density at radius 2 is 1.94 bits per heavy atom. The number of amides is 1. The van der Waals surface area contributed by atoms with Gasteiger partial charge in [0.2, 0.25) is 11.9 Å². The van der Waals surface area contributed by atoms with Gasteiger partial charge in [-0.25, -0.2) is 9.38 Å². The van der Waals surface area contributed by atoms with Crippen molar-refractivity contribution < 1.29 is 14.3 Å². The van der Waals surface area contributed by atoms with Gasteiger partial charge in [0.15, 0.2) is 11.5 Å². The van der Waals surface area contributed by atoms with Crippen LogP contribution in [-0.4, -0.2) is 76.9 Å². The lowest BCUT2D eigenvalue weighted by atomic mass is 10.2. The summed E-state index contributed by atoms with van der Waals surface area (Å²) in [6.45, 7) is 4.03. The average Bonchev–Trinajstić information content (AvgIpc) is 3.29. The molecule has 9 heteroatoms. The lowest BCUT2D eigenvalue weighted by Gasteiger charge is -2.40. The van der Waals surface area contributed by atoms with E-state index >= 15 is 0 Å². The first-order valence-corrected chi connectivity index (χ1v) is 10.9. The van der Waals surface area contributed by atoms with Gasteiger partial charge in [0.25, 0.3) is 0 Å². The number of aromatic nitrogens is 4. The molecule has 5 rings (SSSR count). The Morgan fingerprint density at radius 3 is 2.73 bits per heavy atom. The van der Waals surface area contributed by atoms with Gasteiger partial charge < -0.3 is 19.3 Å². The first-order valence-electron chi connectivity index (χ1n) is 10.9. The molecule has 0 bridgehead atoms. The van der Waals surface area contributed by atoms with Crippen molar-refractivity contribution >= 4 is 28.4 Å². The topological polar surface area (TPSA) is 85.1 Å². The zero-order chi connectivity index (χ0) is 22.9. The summed E-state index contributed by atoms with van der Waals surface area (Å²) in [5, 5.41) is 10.0. The number of rotatable bonds is 5. The summed E-state index contributed by atoms with van der Waals surface area (Å²) in [5.74, 6) is 2.21. The summed E-state index contributed by atoms with van der Waals surface area (Å²) >= 11 is 0. The van der Waals surface area contributed by atoms with E-state index in [9.17, 15) is 4.79 Å². The molecular formula is C24H26N6O3. The minimum Gasteiger partial charge on any atom is -0.497 e. The lowest BCUT2D eigenvalue weighted by Crippen LogP contribution is -2.55. The van der Waals surface area contributed by atoms with Crippen LogP contribution in [0.15, 0.2) is 48.5 Å². The number of hydrogen-bond donors (Lipinski definition) is 0. The third-order valence-corrected chi connectivity index (χ3v) is 6.05. The predicted molar refractivity (Wildman–Crippen MR) is 126 cm³/mol. The molecule has 0 aliphatic carbocycles. The second kappa shape index (κ2) is 8.67. The summed E-state index contributed by atoms with van der Waals surface area (Å²) in [5.41, 5.74) is 2.50. The standard InChI is InChI=1S/C24H26N6O3/c1-16-14-28(11-12-29(16)21(31)15-32-2)24-25-20-10-5-4-9-19(20)23-27-26-22(30(23)24)17-7-6-8-18(13-17)33-3/h4-10,13,16H,11-12,14-15H2,1-3H3. The summed E-state index contributed by atoms with van der Waals surface area (Å²) in [7, 11) is 3.19. The van der Waals surface area contributed by atoms with E-state index in [4.69, 9.17) is 14.5 Å². The molecule has 33 heavy (non-hydrogen) atoms. The Kier molecular flexibility index (Phi) is 5.55. The molecule has 1 saturated heterocycles. The number of benzene rings is 2. The van der Waals surface area contributed by atoms with E-state index in [0.717, 1.165) is 33.8 Å². The van der Waals surface area contributed by atoms with Gasteiger partial charge in [-0.05, 0) is 31.2 Å². The Bertz CT molecular complexity index is 1320. The number of fused-ring (bicyclic) bond motifs is 3. The van der Waals surface area contributed by atoms with Crippen LogP contribution >= 0.6 is 0 Å². The molecule has 1 aliphatic heterocycles. The number of hydrogen-bond acceptors (Lipinski definition) is 7. The second-order valence-electron chi connectivity index (χ2n) is 8.16. The van der Waals surface area contributed by atoms with E-state index in [1.807, 2.05) is 64.8 Å². The highest BCUT2D eigenvalue weighted by Crippen LogP contribution is 2.30. The Morgan fingerprint density at radius 1 is 1.09 bits per heavy atom. The summed E-state index contributed by atoms with van der Waals surface area (Å²) in [6, 6.07) is 15.7. The highest BCUT2D eigenvalue weighted by Gasteiger charge is 2.30. The van der Waals surface area contributed by atoms with Crippen molar-refractivity contribution in [3.8, 4) is 17.1 Å². The van der Waals surface area contributed by atoms with E-state index in [0.29, 0.717) is 25.5 Å². The van der Waals surface area contributed by atoms with E-state index in [1.54, 1.807) is 14.2 Å². The smallest absolute Gasteiger partial charge is 0.248 e. The molecule has 2 aromatic carbocycles. The van der Waals surface area contributed by atoms with Crippen LogP contribution in [-0.2, 0) is 9.53 Å². The third-order valence-electron chi connectivity index (χ3n) is 6.05. The number of piperazine rings is 1. The molecule has 1 unspecified atom stereocenters. The maximum atomic E-state index is 12.4. The Balaban J connectivity index is 1.63. The minimum absolute atomic E-state index is 0.00244. The molecule has 0 saturated carbocycles. The van der Waals surface area contributed by atoms with Crippen LogP contribution < -0.4 is 9.64 Å². The number of para-hydroxylation sites is 1. The second-order valence-corrected chi connectivity index (χ2v) is 8.16. The van der Waals surface area contributed by atoms with Crippen LogP contribution in [0.5, 0.6) is 5.75 Å². The van der Waals surface area contributed by atoms with Crippen LogP contribution in [0.1, 0.15) is 6.92 Å². The quantitative estimate of drug-likeness (QED) is 0.466. The molecule has 1 fully saturated rings. The van der Waals surface area contributed by atoms with Crippen molar-refractivity contribution in [1.29, 1.82) is 0 Å². The van der Waals surface area contributed by atoms with Crippen LogP contribution in [0.3, 0.4) is 0 Å². The number of methoxy groups -OCH3 is 2. The molecule has 3 heterocycles. The predicted octanol–water partition coefficient (Wildman–Crippen LogP) is 2.64. The van der Waals surface area contributed by atoms with E-state index in [-0.39, 0.29) is 18.6 Å². The van der Waals surface area contributed by atoms with Crippen LogP contribution in [0, 0.1) is 0 Å². The summed E-state index contributed by atoms with van der Waals surface area (Å²) in [6.07, 6.45) is 0. The number of ether oxygens (including phenoxy) is 2. The van der Waals surface area contributed by atoms with E-state index in [1.165, 1.54) is 0 Å². The van der Waals surface area contributed by atoms with Crippen molar-refractivity contribution in [3.05, 3.63) is 48.5 Å². The molecule has 1 atom stereocenters. The van der Waals surface area contributed by atoms with E-state index < -0.39 is 0 Å². The lowest BCUT2D eigenvalue weighted by molar-refractivity contribution is -0.137. The number of carbonyl (C=O) groups excluding carboxylic acids is 1. The SMILES string of the molecule is COCC(=O)N1CCN(c2nc3ccccc3c3nnc(-c4cccc(OC)c4)n23)CC1C. The fourth-order valence-corrected chi connectivity index (χ4v) is 4.44. The number of anilines is 1. The van der Waals surface area contributed by atoms with Gasteiger partial charge >= 0.3 is 0 Å². The van der Waals surface area contributed by atoms with Crippen LogP contribution in [0.2, 0.25) is 0 Å². The number of carbonyl (C=O) groups is 1. The van der Waals surface area contributed by atoms with Gasteiger partial charge in [-0.3, -0.25) is 4.79 Å². The first kappa shape index (κ1) is 21.1. The van der Waals surface area contributed by atoms with Gasteiger partial charge in [0.1, 0.15) is 12.4 Å². The summed E-state index contributed by atoms with van der Waals surface area (Å²) < 4.78 is 12.5. The molecular weight excluding hydrogens is 420 g/mol. The average molecular weight is 447 g/mol. The van der Waals surface area contributed by atoms with Crippen LogP contribution in [0.25, 0.3) is 27.9 Å². The third kappa shape index (κ3) is 3.74. The summed E-state index contributed by atoms with van der Waals surface area (Å²) in [4.78, 5) is 21.5. The molecule has 170 valence electrons. The highest BCUT2D eigenvalue weighted by molar-refractivity contribution is 5.93. The van der Waals surface area contributed by atoms with E-state index in [2.05, 4.69) is 15.1 Å². The molecule has 0 spiro atoms. The van der Waals surface area contributed by atoms with Crippen molar-refractivity contribution in [2.75, 3.05) is 45.4 Å². The van der Waals surface area contributed by atoms with Crippen molar-refractivity contribution in [2.45, 2.75) is 13.0 Å². The van der Waals surface area contributed by atoms with Crippen LogP contribution in [0.4, 0.5) is 5.95 Å². The van der Waals surface area contributed by atoms with Gasteiger partial charge in [0.05, 0.1) is 12.6 Å². The molecule has 4 aromatic rings. The zero-order valence-corrected chi connectivity index (χ0v) is 18.9. The molecule has 0 N–H and O–H groups in total. The normalized spacial score (nSPS) is 16.5. The highest BCUT2D eigenvalue weighted by atomic mass is 16.5. The van der Waals surface area contributed by atoms with Crippen molar-refractivity contribution in [2.24, 2.45) is 0 Å². The monoisotopic (exact) mass is 446 g/mol. The molecule has 9 nitrogen and oxygen atoms in total. The maximum Gasteiger partial charge on any atom is 0.248 e. The molecule has 1 aliphatic rings. The molecule has 0 radical (unpaired) electrons. The zero-order valence-electron chi connectivity index (χ0n) is 18.9. The number of nitrogens with zero attached hydrogens (tertiary/aromatic N) is 6. The van der Waals surface area contributed by atoms with Crippen molar-refractivity contribution in [1.82, 2.24) is 24.5 Å². The minimum atomic E-state index is 0.00244. The fourth-order valence-electron chi connectivity index (χ4n) is 4.44. The largest absolute Gasteiger partial charge is 0.497 e. The Labute approximate surface area is 191 Å². The molecule has 1 amide bonds. The Hall–Kier alpha value is -3.72. The maximum absolute atomic E-state index is 12.4. The van der Waals surface area contributed by atoms with Crippen molar-refractivity contribution in [3.63, 3.8) is 0 Å².